The number of benzene rings is 2. The Kier molecular flexibility index (Phi) is 4.65. The largest absolute Gasteiger partial charge is 0.481 e. The van der Waals surface area contributed by atoms with Crippen LogP contribution in [-0.4, -0.2) is 12.0 Å². The van der Waals surface area contributed by atoms with Crippen LogP contribution in [0.25, 0.3) is 0 Å². The summed E-state index contributed by atoms with van der Waals surface area (Å²) in [4.78, 5) is 12.0. The standard InChI is InChI=1S/C15H14ClFN2O2/c1-9(21-12-4-2-3-10(17)7-12)15(20)19-11-5-6-13(16)14(18)8-11/h2-9H,18H2,1H3,(H,19,20). The summed E-state index contributed by atoms with van der Waals surface area (Å²) in [6.07, 6.45) is -0.788. The van der Waals surface area contributed by atoms with Crippen LogP contribution < -0.4 is 15.8 Å². The molecule has 0 bridgehead atoms. The fourth-order valence-electron chi connectivity index (χ4n) is 1.66. The van der Waals surface area contributed by atoms with Crippen molar-refractivity contribution in [1.29, 1.82) is 0 Å². The third-order valence-corrected chi connectivity index (χ3v) is 3.09. The van der Waals surface area contributed by atoms with Crippen LogP contribution in [0.4, 0.5) is 15.8 Å². The van der Waals surface area contributed by atoms with Gasteiger partial charge in [0.25, 0.3) is 5.91 Å². The van der Waals surface area contributed by atoms with Crippen LogP contribution in [0.1, 0.15) is 6.92 Å². The van der Waals surface area contributed by atoms with E-state index < -0.39 is 11.9 Å². The van der Waals surface area contributed by atoms with Crippen molar-refractivity contribution < 1.29 is 13.9 Å². The van der Waals surface area contributed by atoms with Gasteiger partial charge in [0.1, 0.15) is 11.6 Å². The molecule has 0 saturated heterocycles. The van der Waals surface area contributed by atoms with Crippen LogP contribution in [0.15, 0.2) is 42.5 Å². The van der Waals surface area contributed by atoms with Crippen LogP contribution in [0.2, 0.25) is 5.02 Å². The molecule has 21 heavy (non-hydrogen) atoms. The van der Waals surface area contributed by atoms with Gasteiger partial charge in [0.05, 0.1) is 10.7 Å². The highest BCUT2D eigenvalue weighted by molar-refractivity contribution is 6.33. The highest BCUT2D eigenvalue weighted by Crippen LogP contribution is 2.22. The maximum Gasteiger partial charge on any atom is 0.265 e. The van der Waals surface area contributed by atoms with Crippen LogP contribution in [-0.2, 0) is 4.79 Å². The Bertz CT molecular complexity index is 664. The first kappa shape index (κ1) is 15.1. The number of halogens is 2. The number of amides is 1. The van der Waals surface area contributed by atoms with Crippen LogP contribution >= 0.6 is 11.6 Å². The molecule has 0 aliphatic heterocycles. The van der Waals surface area contributed by atoms with Crippen molar-refractivity contribution in [1.82, 2.24) is 0 Å². The normalized spacial score (nSPS) is 11.8. The second-order valence-electron chi connectivity index (χ2n) is 4.44. The van der Waals surface area contributed by atoms with Gasteiger partial charge in [-0.1, -0.05) is 17.7 Å². The van der Waals surface area contributed by atoms with Gasteiger partial charge >= 0.3 is 0 Å². The van der Waals surface area contributed by atoms with Gasteiger partial charge in [-0.3, -0.25) is 4.79 Å². The van der Waals surface area contributed by atoms with E-state index in [4.69, 9.17) is 22.1 Å². The number of carbonyl (C=O) groups is 1. The van der Waals surface area contributed by atoms with Gasteiger partial charge in [-0.25, -0.2) is 4.39 Å². The lowest BCUT2D eigenvalue weighted by atomic mass is 10.2. The predicted molar refractivity (Wildman–Crippen MR) is 81.0 cm³/mol. The second kappa shape index (κ2) is 6.45. The molecule has 0 spiro atoms. The molecular formula is C15H14ClFN2O2. The topological polar surface area (TPSA) is 64.3 Å². The first-order valence-corrected chi connectivity index (χ1v) is 6.61. The first-order valence-electron chi connectivity index (χ1n) is 6.24. The molecule has 0 fully saturated rings. The van der Waals surface area contributed by atoms with E-state index in [-0.39, 0.29) is 11.7 Å². The van der Waals surface area contributed by atoms with Crippen molar-refractivity contribution in [3.63, 3.8) is 0 Å². The summed E-state index contributed by atoms with van der Waals surface area (Å²) < 4.78 is 18.4. The molecule has 2 aromatic rings. The van der Waals surface area contributed by atoms with Gasteiger partial charge in [-0.15, -0.1) is 0 Å². The molecule has 0 saturated carbocycles. The van der Waals surface area contributed by atoms with E-state index in [1.165, 1.54) is 18.2 Å². The van der Waals surface area contributed by atoms with Gasteiger partial charge in [-0.05, 0) is 37.3 Å². The molecule has 1 amide bonds. The summed E-state index contributed by atoms with van der Waals surface area (Å²) in [5.41, 5.74) is 6.54. The average molecular weight is 309 g/mol. The third-order valence-electron chi connectivity index (χ3n) is 2.74. The number of hydrogen-bond donors (Lipinski definition) is 2. The summed E-state index contributed by atoms with van der Waals surface area (Å²) in [7, 11) is 0. The maximum atomic E-state index is 13.0. The number of nitrogens with two attached hydrogens (primary N) is 1. The highest BCUT2D eigenvalue weighted by atomic mass is 35.5. The van der Waals surface area contributed by atoms with Crippen molar-refractivity contribution in [3.05, 3.63) is 53.3 Å². The molecule has 1 atom stereocenters. The lowest BCUT2D eigenvalue weighted by Gasteiger charge is -2.15. The Morgan fingerprint density at radius 1 is 1.33 bits per heavy atom. The van der Waals surface area contributed by atoms with Gasteiger partial charge in [0, 0.05) is 11.8 Å². The molecule has 6 heteroatoms. The molecule has 0 radical (unpaired) electrons. The van der Waals surface area contributed by atoms with Crippen molar-refractivity contribution in [3.8, 4) is 5.75 Å². The van der Waals surface area contributed by atoms with Crippen molar-refractivity contribution in [2.45, 2.75) is 13.0 Å². The summed E-state index contributed by atoms with van der Waals surface area (Å²) in [6, 6.07) is 10.4. The number of anilines is 2. The van der Waals surface area contributed by atoms with Crippen molar-refractivity contribution in [2.24, 2.45) is 0 Å². The SMILES string of the molecule is CC(Oc1cccc(F)c1)C(=O)Nc1ccc(Cl)c(N)c1. The van der Waals surface area contributed by atoms with E-state index in [0.717, 1.165) is 0 Å². The summed E-state index contributed by atoms with van der Waals surface area (Å²) in [6.45, 7) is 1.57. The van der Waals surface area contributed by atoms with E-state index >= 15 is 0 Å². The van der Waals surface area contributed by atoms with Crippen molar-refractivity contribution >= 4 is 28.9 Å². The molecule has 0 aliphatic rings. The summed E-state index contributed by atoms with van der Waals surface area (Å²) >= 11 is 5.80. The monoisotopic (exact) mass is 308 g/mol. The quantitative estimate of drug-likeness (QED) is 0.850. The molecular weight excluding hydrogens is 295 g/mol. The molecule has 2 aromatic carbocycles. The zero-order chi connectivity index (χ0) is 15.4. The molecule has 0 aliphatic carbocycles. The molecule has 4 nitrogen and oxygen atoms in total. The number of nitrogen functional groups attached to an aromatic ring is 1. The number of rotatable bonds is 4. The predicted octanol–water partition coefficient (Wildman–Crippen LogP) is 3.47. The number of carbonyl (C=O) groups excluding carboxylic acids is 1. The van der Waals surface area contributed by atoms with E-state index in [9.17, 15) is 9.18 Å². The Hall–Kier alpha value is -2.27. The van der Waals surface area contributed by atoms with E-state index in [1.54, 1.807) is 31.2 Å². The third kappa shape index (κ3) is 4.10. The number of nitrogens with one attached hydrogen (secondary N) is 1. The maximum absolute atomic E-state index is 13.0. The van der Waals surface area contributed by atoms with Gasteiger partial charge in [0.15, 0.2) is 6.10 Å². The minimum Gasteiger partial charge on any atom is -0.481 e. The smallest absolute Gasteiger partial charge is 0.265 e. The van der Waals surface area contributed by atoms with Gasteiger partial charge in [0.2, 0.25) is 0 Å². The zero-order valence-corrected chi connectivity index (χ0v) is 12.0. The highest BCUT2D eigenvalue weighted by Gasteiger charge is 2.15. The minimum atomic E-state index is -0.788. The molecule has 110 valence electrons. The second-order valence-corrected chi connectivity index (χ2v) is 4.85. The zero-order valence-electron chi connectivity index (χ0n) is 11.3. The van der Waals surface area contributed by atoms with Crippen LogP contribution in [0.3, 0.4) is 0 Å². The molecule has 0 aromatic heterocycles. The van der Waals surface area contributed by atoms with Crippen LogP contribution in [0, 0.1) is 5.82 Å². The Morgan fingerprint density at radius 2 is 2.10 bits per heavy atom. The van der Waals surface area contributed by atoms with Crippen molar-refractivity contribution in [2.75, 3.05) is 11.1 Å². The minimum absolute atomic E-state index is 0.285. The van der Waals surface area contributed by atoms with E-state index in [2.05, 4.69) is 5.32 Å². The first-order chi connectivity index (χ1) is 9.95. The Labute approximate surface area is 126 Å². The lowest BCUT2D eigenvalue weighted by Crippen LogP contribution is -2.30. The molecule has 3 N–H and O–H groups in total. The molecule has 1 unspecified atom stereocenters. The molecule has 2 rings (SSSR count). The Morgan fingerprint density at radius 3 is 2.76 bits per heavy atom. The lowest BCUT2D eigenvalue weighted by molar-refractivity contribution is -0.122. The van der Waals surface area contributed by atoms with E-state index in [1.807, 2.05) is 0 Å². The number of hydrogen-bond acceptors (Lipinski definition) is 3. The molecule has 0 heterocycles. The fourth-order valence-corrected chi connectivity index (χ4v) is 1.78. The van der Waals surface area contributed by atoms with E-state index in [0.29, 0.717) is 16.4 Å². The van der Waals surface area contributed by atoms with Gasteiger partial charge < -0.3 is 15.8 Å². The summed E-state index contributed by atoms with van der Waals surface area (Å²) in [5, 5.41) is 3.06. The average Bonchev–Trinajstić information content (AvgIpc) is 2.43. The Balaban J connectivity index is 2.00. The summed E-state index contributed by atoms with van der Waals surface area (Å²) in [5.74, 6) is -0.514. The van der Waals surface area contributed by atoms with Crippen LogP contribution in [0.5, 0.6) is 5.75 Å². The number of ether oxygens (including phenoxy) is 1. The van der Waals surface area contributed by atoms with Gasteiger partial charge in [-0.2, -0.15) is 0 Å². The fraction of sp³-hybridized carbons (Fsp3) is 0.133.